The Kier molecular flexibility index (Phi) is 5.03. The van der Waals surface area contributed by atoms with Crippen LogP contribution in [0.3, 0.4) is 0 Å². The summed E-state index contributed by atoms with van der Waals surface area (Å²) in [5.74, 6) is -2.06. The van der Waals surface area contributed by atoms with Crippen LogP contribution in [0.5, 0.6) is 0 Å². The molecule has 0 aliphatic carbocycles. The standard InChI is InChI=1S/C19H17BrFNO3S/c1-12-7-9-14(10-8-12)26(24,25)22-11-13(2)17(19(22)23)18(21)15-5-3-4-6-16(15)20/h3-10,13H,11H2,1-2H3/b18-17+. The molecule has 1 saturated heterocycles. The average Bonchev–Trinajstić information content (AvgIpc) is 2.90. The third-order valence-electron chi connectivity index (χ3n) is 4.35. The number of carbonyl (C=O) groups excluding carboxylic acids is 1. The fourth-order valence-corrected chi connectivity index (χ4v) is 4.84. The largest absolute Gasteiger partial charge is 0.268 e. The maximum atomic E-state index is 15.0. The van der Waals surface area contributed by atoms with Crippen molar-refractivity contribution < 1.29 is 17.6 Å². The molecule has 7 heteroatoms. The van der Waals surface area contributed by atoms with Gasteiger partial charge in [0.2, 0.25) is 0 Å². The summed E-state index contributed by atoms with van der Waals surface area (Å²) < 4.78 is 41.9. The summed E-state index contributed by atoms with van der Waals surface area (Å²) in [7, 11) is -4.03. The van der Waals surface area contributed by atoms with Crippen molar-refractivity contribution in [1.82, 2.24) is 4.31 Å². The molecule has 0 spiro atoms. The Bertz CT molecular complexity index is 1000. The summed E-state index contributed by atoms with van der Waals surface area (Å²) in [6, 6.07) is 12.8. The lowest BCUT2D eigenvalue weighted by molar-refractivity contribution is -0.120. The molecule has 1 fully saturated rings. The zero-order valence-electron chi connectivity index (χ0n) is 14.2. The molecule has 0 saturated carbocycles. The number of hydrogen-bond acceptors (Lipinski definition) is 3. The minimum atomic E-state index is -4.03. The van der Waals surface area contributed by atoms with Crippen LogP contribution in [0.15, 0.2) is 63.5 Å². The van der Waals surface area contributed by atoms with Gasteiger partial charge in [0, 0.05) is 22.5 Å². The summed E-state index contributed by atoms with van der Waals surface area (Å²) >= 11 is 3.26. The Labute approximate surface area is 160 Å². The van der Waals surface area contributed by atoms with Crippen molar-refractivity contribution in [2.24, 2.45) is 5.92 Å². The van der Waals surface area contributed by atoms with Gasteiger partial charge in [-0.3, -0.25) is 4.79 Å². The highest BCUT2D eigenvalue weighted by atomic mass is 79.9. The van der Waals surface area contributed by atoms with E-state index in [4.69, 9.17) is 0 Å². The predicted molar refractivity (Wildman–Crippen MR) is 101 cm³/mol. The highest BCUT2D eigenvalue weighted by Gasteiger charge is 2.42. The van der Waals surface area contributed by atoms with Gasteiger partial charge in [0.15, 0.2) is 0 Å². The molecule has 1 heterocycles. The van der Waals surface area contributed by atoms with Gasteiger partial charge in [0.1, 0.15) is 5.83 Å². The minimum absolute atomic E-state index is 0.0196. The van der Waals surface area contributed by atoms with Crippen molar-refractivity contribution >= 4 is 37.7 Å². The van der Waals surface area contributed by atoms with Gasteiger partial charge in [-0.25, -0.2) is 17.1 Å². The Morgan fingerprint density at radius 3 is 2.38 bits per heavy atom. The molecule has 4 nitrogen and oxygen atoms in total. The number of benzene rings is 2. The van der Waals surface area contributed by atoms with E-state index in [1.807, 2.05) is 6.92 Å². The lowest BCUT2D eigenvalue weighted by atomic mass is 10.0. The average molecular weight is 438 g/mol. The molecule has 0 radical (unpaired) electrons. The number of amides is 1. The number of aryl methyl sites for hydroxylation is 1. The first kappa shape index (κ1) is 18.8. The van der Waals surface area contributed by atoms with E-state index in [2.05, 4.69) is 15.9 Å². The van der Waals surface area contributed by atoms with E-state index in [1.165, 1.54) is 12.1 Å². The van der Waals surface area contributed by atoms with Gasteiger partial charge in [0.25, 0.3) is 15.9 Å². The molecule has 3 rings (SSSR count). The van der Waals surface area contributed by atoms with E-state index in [-0.39, 0.29) is 22.6 Å². The highest BCUT2D eigenvalue weighted by Crippen LogP contribution is 2.37. The lowest BCUT2D eigenvalue weighted by Crippen LogP contribution is -2.32. The normalized spacial score (nSPS) is 19.8. The fourth-order valence-electron chi connectivity index (χ4n) is 2.91. The van der Waals surface area contributed by atoms with Crippen LogP contribution in [0.2, 0.25) is 0 Å². The molecule has 2 aromatic carbocycles. The molecule has 136 valence electrons. The number of rotatable bonds is 3. The Balaban J connectivity index is 2.04. The van der Waals surface area contributed by atoms with Crippen LogP contribution in [0.25, 0.3) is 5.83 Å². The zero-order chi connectivity index (χ0) is 19.1. The smallest absolute Gasteiger partial charge is 0.266 e. The number of sulfonamides is 1. The van der Waals surface area contributed by atoms with E-state index in [0.717, 1.165) is 9.87 Å². The fraction of sp³-hybridized carbons (Fsp3) is 0.211. The molecular weight excluding hydrogens is 421 g/mol. The number of carbonyl (C=O) groups is 1. The molecule has 1 unspecified atom stereocenters. The van der Waals surface area contributed by atoms with Crippen molar-refractivity contribution in [2.45, 2.75) is 18.7 Å². The van der Waals surface area contributed by atoms with E-state index >= 15 is 4.39 Å². The minimum Gasteiger partial charge on any atom is -0.268 e. The molecule has 0 N–H and O–H groups in total. The van der Waals surface area contributed by atoms with Crippen molar-refractivity contribution in [3.63, 3.8) is 0 Å². The summed E-state index contributed by atoms with van der Waals surface area (Å²) in [6.07, 6.45) is 0. The first-order valence-corrected chi connectivity index (χ1v) is 10.2. The quantitative estimate of drug-likeness (QED) is 0.672. The second-order valence-corrected chi connectivity index (χ2v) is 8.98. The van der Waals surface area contributed by atoms with Crippen LogP contribution >= 0.6 is 15.9 Å². The molecule has 1 aliphatic heterocycles. The van der Waals surface area contributed by atoms with Crippen molar-refractivity contribution in [1.29, 1.82) is 0 Å². The lowest BCUT2D eigenvalue weighted by Gasteiger charge is -2.16. The van der Waals surface area contributed by atoms with Gasteiger partial charge >= 0.3 is 0 Å². The predicted octanol–water partition coefficient (Wildman–Crippen LogP) is 4.31. The molecule has 1 atom stereocenters. The van der Waals surface area contributed by atoms with Gasteiger partial charge in [-0.15, -0.1) is 0 Å². The summed E-state index contributed by atoms with van der Waals surface area (Å²) in [5.41, 5.74) is 1.02. The molecule has 1 amide bonds. The Morgan fingerprint density at radius 1 is 1.15 bits per heavy atom. The van der Waals surface area contributed by atoms with Crippen LogP contribution in [0.4, 0.5) is 4.39 Å². The van der Waals surface area contributed by atoms with Gasteiger partial charge in [0.05, 0.1) is 10.5 Å². The van der Waals surface area contributed by atoms with Crippen LogP contribution in [0, 0.1) is 12.8 Å². The first-order chi connectivity index (χ1) is 12.2. The van der Waals surface area contributed by atoms with Crippen LogP contribution in [0.1, 0.15) is 18.1 Å². The van der Waals surface area contributed by atoms with E-state index in [0.29, 0.717) is 4.47 Å². The van der Waals surface area contributed by atoms with Crippen molar-refractivity contribution in [3.8, 4) is 0 Å². The topological polar surface area (TPSA) is 54.5 Å². The maximum Gasteiger partial charge on any atom is 0.266 e. The first-order valence-electron chi connectivity index (χ1n) is 8.01. The van der Waals surface area contributed by atoms with Gasteiger partial charge < -0.3 is 0 Å². The SMILES string of the molecule is Cc1ccc(S(=O)(=O)N2CC(C)/C(=C(\F)c3ccccc3Br)C2=O)cc1. The van der Waals surface area contributed by atoms with Gasteiger partial charge in [-0.1, -0.05) is 58.7 Å². The molecule has 0 aromatic heterocycles. The highest BCUT2D eigenvalue weighted by molar-refractivity contribution is 9.10. The third kappa shape index (κ3) is 3.21. The zero-order valence-corrected chi connectivity index (χ0v) is 16.6. The molecule has 0 bridgehead atoms. The summed E-state index contributed by atoms with van der Waals surface area (Å²) in [6.45, 7) is 3.41. The van der Waals surface area contributed by atoms with Crippen molar-refractivity contribution in [2.75, 3.05) is 6.54 Å². The molecule has 1 aliphatic rings. The Morgan fingerprint density at radius 2 is 1.77 bits per heavy atom. The second kappa shape index (κ2) is 6.96. The Hall–Kier alpha value is -1.99. The van der Waals surface area contributed by atoms with Crippen LogP contribution in [-0.4, -0.2) is 25.2 Å². The summed E-state index contributed by atoms with van der Waals surface area (Å²) in [4.78, 5) is 12.8. The molecular formula is C19H17BrFNO3S. The van der Waals surface area contributed by atoms with Crippen LogP contribution in [-0.2, 0) is 14.8 Å². The molecule has 2 aromatic rings. The summed E-state index contributed by atoms with van der Waals surface area (Å²) in [5, 5.41) is 0. The number of hydrogen-bond donors (Lipinski definition) is 0. The molecule has 26 heavy (non-hydrogen) atoms. The van der Waals surface area contributed by atoms with Gasteiger partial charge in [-0.05, 0) is 25.1 Å². The van der Waals surface area contributed by atoms with E-state index < -0.39 is 27.7 Å². The van der Waals surface area contributed by atoms with Crippen LogP contribution < -0.4 is 0 Å². The van der Waals surface area contributed by atoms with Gasteiger partial charge in [-0.2, -0.15) is 0 Å². The van der Waals surface area contributed by atoms with Crippen molar-refractivity contribution in [3.05, 3.63) is 69.7 Å². The maximum absolute atomic E-state index is 15.0. The second-order valence-electron chi connectivity index (χ2n) is 6.26. The number of halogens is 2. The monoisotopic (exact) mass is 437 g/mol. The number of nitrogens with zero attached hydrogens (tertiary/aromatic N) is 1. The van der Waals surface area contributed by atoms with E-state index in [9.17, 15) is 13.2 Å². The third-order valence-corrected chi connectivity index (χ3v) is 6.80. The van der Waals surface area contributed by atoms with E-state index in [1.54, 1.807) is 43.3 Å².